The Morgan fingerprint density at radius 2 is 1.92 bits per heavy atom. The van der Waals surface area contributed by atoms with Crippen molar-refractivity contribution in [3.05, 3.63) is 75.0 Å². The summed E-state index contributed by atoms with van der Waals surface area (Å²) in [6.07, 6.45) is 0. The number of aromatic nitrogens is 1. The van der Waals surface area contributed by atoms with Crippen LogP contribution < -0.4 is 16.2 Å². The van der Waals surface area contributed by atoms with Crippen LogP contribution in [0.3, 0.4) is 0 Å². The number of urea groups is 1. The van der Waals surface area contributed by atoms with E-state index in [0.717, 1.165) is 16.5 Å². The van der Waals surface area contributed by atoms with Gasteiger partial charge in [0.15, 0.2) is 0 Å². The van der Waals surface area contributed by atoms with Crippen LogP contribution in [0.4, 0.5) is 10.5 Å². The van der Waals surface area contributed by atoms with Gasteiger partial charge in [-0.1, -0.05) is 29.8 Å². The molecule has 5 nitrogen and oxygen atoms in total. The summed E-state index contributed by atoms with van der Waals surface area (Å²) in [6.45, 7) is 2.08. The lowest BCUT2D eigenvalue weighted by atomic mass is 10.1. The second-order valence-electron chi connectivity index (χ2n) is 5.48. The van der Waals surface area contributed by atoms with E-state index in [4.69, 9.17) is 11.6 Å². The summed E-state index contributed by atoms with van der Waals surface area (Å²) in [5, 5.41) is 6.89. The maximum atomic E-state index is 12.2. The molecule has 0 aliphatic heterocycles. The average molecular weight is 342 g/mol. The van der Waals surface area contributed by atoms with E-state index in [-0.39, 0.29) is 18.1 Å². The molecule has 0 aliphatic carbocycles. The molecule has 0 spiro atoms. The molecule has 3 aromatic rings. The molecular weight excluding hydrogens is 326 g/mol. The highest BCUT2D eigenvalue weighted by atomic mass is 35.5. The molecule has 0 bridgehead atoms. The Kier molecular flexibility index (Phi) is 4.53. The number of benzene rings is 2. The van der Waals surface area contributed by atoms with Crippen molar-refractivity contribution < 1.29 is 4.79 Å². The lowest BCUT2D eigenvalue weighted by Crippen LogP contribution is -2.30. The van der Waals surface area contributed by atoms with Crippen LogP contribution in [0.1, 0.15) is 11.1 Å². The molecule has 0 atom stereocenters. The third-order valence-corrected chi connectivity index (χ3v) is 3.96. The summed E-state index contributed by atoms with van der Waals surface area (Å²) in [7, 11) is 0. The number of nitrogens with one attached hydrogen (secondary N) is 3. The maximum absolute atomic E-state index is 12.2. The minimum Gasteiger partial charge on any atom is -0.334 e. The average Bonchev–Trinajstić information content (AvgIpc) is 2.56. The highest BCUT2D eigenvalue weighted by molar-refractivity contribution is 6.30. The lowest BCUT2D eigenvalue weighted by Gasteiger charge is -2.09. The standard InChI is InChI=1S/C18H16ClN3O2/c1-11-3-2-4-12-9-13(17(23)22-16(11)12)10-20-18(24)21-15-7-5-14(19)6-8-15/h2-9H,10H2,1H3,(H,22,23)(H2,20,21,24). The molecule has 0 fully saturated rings. The number of halogens is 1. The van der Waals surface area contributed by atoms with Crippen LogP contribution in [0.5, 0.6) is 0 Å². The molecule has 0 unspecified atom stereocenters. The Balaban J connectivity index is 1.71. The van der Waals surface area contributed by atoms with Crippen molar-refractivity contribution >= 4 is 34.2 Å². The van der Waals surface area contributed by atoms with E-state index in [1.165, 1.54) is 0 Å². The molecule has 2 amide bonds. The Morgan fingerprint density at radius 3 is 2.67 bits per heavy atom. The van der Waals surface area contributed by atoms with Crippen LogP contribution in [-0.2, 0) is 6.54 Å². The number of fused-ring (bicyclic) bond motifs is 1. The fraction of sp³-hybridized carbons (Fsp3) is 0.111. The summed E-state index contributed by atoms with van der Waals surface area (Å²) in [6, 6.07) is 14.0. The van der Waals surface area contributed by atoms with Gasteiger partial charge in [-0.2, -0.15) is 0 Å². The van der Waals surface area contributed by atoms with Gasteiger partial charge in [0.2, 0.25) is 0 Å². The third kappa shape index (κ3) is 3.58. The Hall–Kier alpha value is -2.79. The van der Waals surface area contributed by atoms with Crippen LogP contribution in [0.25, 0.3) is 10.9 Å². The van der Waals surface area contributed by atoms with Gasteiger partial charge in [-0.3, -0.25) is 4.79 Å². The smallest absolute Gasteiger partial charge is 0.319 e. The molecule has 1 aromatic heterocycles. The number of pyridine rings is 1. The monoisotopic (exact) mass is 341 g/mol. The Bertz CT molecular complexity index is 949. The number of anilines is 1. The van der Waals surface area contributed by atoms with E-state index < -0.39 is 0 Å². The minimum absolute atomic E-state index is 0.138. The van der Waals surface area contributed by atoms with E-state index in [2.05, 4.69) is 15.6 Å². The summed E-state index contributed by atoms with van der Waals surface area (Å²) in [4.78, 5) is 26.9. The van der Waals surface area contributed by atoms with Crippen LogP contribution in [-0.4, -0.2) is 11.0 Å². The van der Waals surface area contributed by atoms with Crippen molar-refractivity contribution in [2.45, 2.75) is 13.5 Å². The van der Waals surface area contributed by atoms with Crippen molar-refractivity contribution in [2.24, 2.45) is 0 Å². The quantitative estimate of drug-likeness (QED) is 0.677. The first-order chi connectivity index (χ1) is 11.5. The van der Waals surface area contributed by atoms with E-state index in [9.17, 15) is 9.59 Å². The molecule has 3 rings (SSSR count). The second kappa shape index (κ2) is 6.76. The topological polar surface area (TPSA) is 74.0 Å². The predicted molar refractivity (Wildman–Crippen MR) is 96.6 cm³/mol. The van der Waals surface area contributed by atoms with Crippen LogP contribution >= 0.6 is 11.6 Å². The summed E-state index contributed by atoms with van der Waals surface area (Å²) in [5.74, 6) is 0. The zero-order valence-corrected chi connectivity index (χ0v) is 13.8. The first-order valence-electron chi connectivity index (χ1n) is 7.45. The van der Waals surface area contributed by atoms with Crippen molar-refractivity contribution in [1.29, 1.82) is 0 Å². The predicted octanol–water partition coefficient (Wildman–Crippen LogP) is 3.81. The number of amides is 2. The highest BCUT2D eigenvalue weighted by Crippen LogP contribution is 2.15. The lowest BCUT2D eigenvalue weighted by molar-refractivity contribution is 0.251. The third-order valence-electron chi connectivity index (χ3n) is 3.71. The largest absolute Gasteiger partial charge is 0.334 e. The molecule has 1 heterocycles. The maximum Gasteiger partial charge on any atom is 0.319 e. The van der Waals surface area contributed by atoms with Gasteiger partial charge in [0.25, 0.3) is 5.56 Å². The second-order valence-corrected chi connectivity index (χ2v) is 5.91. The van der Waals surface area contributed by atoms with Crippen molar-refractivity contribution in [1.82, 2.24) is 10.3 Å². The number of H-pyrrole nitrogens is 1. The fourth-order valence-electron chi connectivity index (χ4n) is 2.44. The molecule has 2 aromatic carbocycles. The molecule has 6 heteroatoms. The van der Waals surface area contributed by atoms with E-state index in [1.807, 2.05) is 25.1 Å². The van der Waals surface area contributed by atoms with Gasteiger partial charge in [-0.15, -0.1) is 0 Å². The number of hydrogen-bond acceptors (Lipinski definition) is 2. The highest BCUT2D eigenvalue weighted by Gasteiger charge is 2.07. The van der Waals surface area contributed by atoms with Crippen molar-refractivity contribution in [3.63, 3.8) is 0 Å². The number of carbonyl (C=O) groups excluding carboxylic acids is 1. The van der Waals surface area contributed by atoms with Gasteiger partial charge >= 0.3 is 6.03 Å². The number of para-hydroxylation sites is 1. The Morgan fingerprint density at radius 1 is 1.17 bits per heavy atom. The fourth-order valence-corrected chi connectivity index (χ4v) is 2.57. The molecule has 0 saturated heterocycles. The van der Waals surface area contributed by atoms with Crippen molar-refractivity contribution in [3.8, 4) is 0 Å². The molecule has 24 heavy (non-hydrogen) atoms. The molecule has 0 aliphatic rings. The van der Waals surface area contributed by atoms with Gasteiger partial charge in [0.1, 0.15) is 0 Å². The molecule has 0 saturated carbocycles. The summed E-state index contributed by atoms with van der Waals surface area (Å²) in [5.41, 5.74) is 2.74. The molecular formula is C18H16ClN3O2. The van der Waals surface area contributed by atoms with Gasteiger partial charge in [-0.25, -0.2) is 4.79 Å². The van der Waals surface area contributed by atoms with Crippen LogP contribution in [0, 0.1) is 6.92 Å². The molecule has 3 N–H and O–H groups in total. The van der Waals surface area contributed by atoms with Gasteiger partial charge < -0.3 is 15.6 Å². The van der Waals surface area contributed by atoms with Gasteiger partial charge in [0, 0.05) is 22.8 Å². The first kappa shape index (κ1) is 16.1. The van der Waals surface area contributed by atoms with E-state index in [0.29, 0.717) is 16.3 Å². The number of aromatic amines is 1. The zero-order chi connectivity index (χ0) is 17.1. The van der Waals surface area contributed by atoms with Gasteiger partial charge in [-0.05, 0) is 48.2 Å². The Labute approximate surface area is 143 Å². The number of aryl methyl sites for hydroxylation is 1. The first-order valence-corrected chi connectivity index (χ1v) is 7.83. The summed E-state index contributed by atoms with van der Waals surface area (Å²) < 4.78 is 0. The summed E-state index contributed by atoms with van der Waals surface area (Å²) >= 11 is 5.80. The van der Waals surface area contributed by atoms with Crippen LogP contribution in [0.15, 0.2) is 53.3 Å². The number of hydrogen-bond donors (Lipinski definition) is 3. The van der Waals surface area contributed by atoms with Gasteiger partial charge in [0.05, 0.1) is 5.52 Å². The molecule has 122 valence electrons. The minimum atomic E-state index is -0.388. The van der Waals surface area contributed by atoms with Crippen LogP contribution in [0.2, 0.25) is 5.02 Å². The normalized spacial score (nSPS) is 10.6. The molecule has 0 radical (unpaired) electrons. The van der Waals surface area contributed by atoms with E-state index in [1.54, 1.807) is 30.3 Å². The number of carbonyl (C=O) groups is 1. The SMILES string of the molecule is Cc1cccc2cc(CNC(=O)Nc3ccc(Cl)cc3)c(=O)[nH]c12. The van der Waals surface area contributed by atoms with E-state index >= 15 is 0 Å². The number of rotatable bonds is 3. The zero-order valence-electron chi connectivity index (χ0n) is 13.0. The van der Waals surface area contributed by atoms with Crippen molar-refractivity contribution in [2.75, 3.05) is 5.32 Å².